The molecule has 0 amide bonds. The minimum absolute atomic E-state index is 0.131. The van der Waals surface area contributed by atoms with Gasteiger partial charge in [-0.1, -0.05) is 6.07 Å². The van der Waals surface area contributed by atoms with Gasteiger partial charge in [0.2, 0.25) is 0 Å². The van der Waals surface area contributed by atoms with E-state index in [1.54, 1.807) is 6.20 Å². The molecule has 0 bridgehead atoms. The summed E-state index contributed by atoms with van der Waals surface area (Å²) in [6.07, 6.45) is 1.71. The van der Waals surface area contributed by atoms with Crippen LogP contribution in [0.2, 0.25) is 0 Å². The summed E-state index contributed by atoms with van der Waals surface area (Å²) in [7, 11) is 0. The van der Waals surface area contributed by atoms with Gasteiger partial charge >= 0.3 is 0 Å². The highest BCUT2D eigenvalue weighted by Crippen LogP contribution is 2.29. The molecule has 2 heterocycles. The van der Waals surface area contributed by atoms with Gasteiger partial charge < -0.3 is 0 Å². The van der Waals surface area contributed by atoms with Crippen LogP contribution in [0, 0.1) is 19.0 Å². The zero-order valence-corrected chi connectivity index (χ0v) is 8.86. The van der Waals surface area contributed by atoms with Gasteiger partial charge in [0, 0.05) is 27.9 Å². The van der Waals surface area contributed by atoms with Gasteiger partial charge in [-0.15, -0.1) is 11.3 Å². The fourth-order valence-electron chi connectivity index (χ4n) is 1.31. The Morgan fingerprint density at radius 2 is 2.07 bits per heavy atom. The molecule has 0 radical (unpaired) electrons. The second-order valence-corrected chi connectivity index (χ2v) is 4.44. The largest absolute Gasteiger partial charge is 0.261 e. The molecule has 1 nitrogen and oxygen atoms in total. The Morgan fingerprint density at radius 1 is 1.29 bits per heavy atom. The number of hydrogen-bond acceptors (Lipinski definition) is 2. The molecule has 2 rings (SSSR count). The number of nitrogens with zero attached hydrogens (tertiary/aromatic N) is 1. The van der Waals surface area contributed by atoms with Crippen LogP contribution in [0.15, 0.2) is 24.4 Å². The van der Waals surface area contributed by atoms with Gasteiger partial charge in [-0.2, -0.15) is 4.39 Å². The third-order valence-corrected chi connectivity index (χ3v) is 2.87. The first-order valence-corrected chi connectivity index (χ1v) is 5.17. The van der Waals surface area contributed by atoms with E-state index in [0.29, 0.717) is 5.56 Å². The van der Waals surface area contributed by atoms with Gasteiger partial charge in [-0.3, -0.25) is 4.98 Å². The summed E-state index contributed by atoms with van der Waals surface area (Å²) in [5.41, 5.74) is 2.44. The number of pyridine rings is 1. The molecule has 0 aromatic carbocycles. The maximum absolute atomic E-state index is 13.4. The quantitative estimate of drug-likeness (QED) is 0.696. The molecular weight excluding hydrogens is 197 g/mol. The van der Waals surface area contributed by atoms with E-state index in [9.17, 15) is 4.39 Å². The Labute approximate surface area is 86.2 Å². The summed E-state index contributed by atoms with van der Waals surface area (Å²) < 4.78 is 13.4. The van der Waals surface area contributed by atoms with E-state index in [4.69, 9.17) is 0 Å². The van der Waals surface area contributed by atoms with Crippen molar-refractivity contribution in [3.8, 4) is 11.1 Å². The molecule has 72 valence electrons. The molecule has 0 spiro atoms. The number of aryl methyl sites for hydroxylation is 2. The second kappa shape index (κ2) is 3.50. The van der Waals surface area contributed by atoms with Gasteiger partial charge in [0.05, 0.1) is 0 Å². The van der Waals surface area contributed by atoms with E-state index in [1.165, 1.54) is 11.3 Å². The molecule has 3 heteroatoms. The topological polar surface area (TPSA) is 12.9 Å². The predicted molar refractivity (Wildman–Crippen MR) is 57.0 cm³/mol. The Bertz CT molecular complexity index is 445. The van der Waals surface area contributed by atoms with Crippen LogP contribution in [-0.2, 0) is 0 Å². The Kier molecular flexibility index (Phi) is 2.33. The summed E-state index contributed by atoms with van der Waals surface area (Å²) in [4.78, 5) is 5.13. The monoisotopic (exact) mass is 207 g/mol. The van der Waals surface area contributed by atoms with Crippen molar-refractivity contribution in [3.05, 3.63) is 40.1 Å². The zero-order chi connectivity index (χ0) is 10.1. The van der Waals surface area contributed by atoms with E-state index < -0.39 is 0 Å². The van der Waals surface area contributed by atoms with Crippen molar-refractivity contribution in [1.82, 2.24) is 4.98 Å². The molecule has 2 aromatic heterocycles. The molecule has 0 saturated carbocycles. The molecule has 0 saturated heterocycles. The standard InChI is InChI=1S/C11H10FNS/c1-7-3-4-9(6-13-7)10-5-8(2)14-11(10)12/h3-6H,1-2H3. The van der Waals surface area contributed by atoms with E-state index in [1.807, 2.05) is 32.0 Å². The Balaban J connectivity index is 2.49. The molecule has 14 heavy (non-hydrogen) atoms. The maximum Gasteiger partial charge on any atom is 0.184 e. The SMILES string of the molecule is Cc1ccc(-c2cc(C)sc2F)cn1. The molecular formula is C11H10FNS. The van der Waals surface area contributed by atoms with E-state index in [-0.39, 0.29) is 5.13 Å². The van der Waals surface area contributed by atoms with Crippen LogP contribution in [0.25, 0.3) is 11.1 Å². The minimum Gasteiger partial charge on any atom is -0.261 e. The molecule has 0 aliphatic carbocycles. The number of rotatable bonds is 1. The van der Waals surface area contributed by atoms with Crippen LogP contribution in [0.4, 0.5) is 4.39 Å². The van der Waals surface area contributed by atoms with Crippen molar-refractivity contribution in [2.45, 2.75) is 13.8 Å². The molecule has 0 unspecified atom stereocenters. The lowest BCUT2D eigenvalue weighted by Gasteiger charge is -1.97. The summed E-state index contributed by atoms with van der Waals surface area (Å²) in [5, 5.41) is -0.131. The molecule has 0 atom stereocenters. The molecule has 0 aliphatic heterocycles. The van der Waals surface area contributed by atoms with Crippen molar-refractivity contribution in [2.24, 2.45) is 0 Å². The van der Waals surface area contributed by atoms with Gasteiger partial charge in [-0.05, 0) is 26.0 Å². The zero-order valence-electron chi connectivity index (χ0n) is 8.04. The minimum atomic E-state index is -0.131. The third kappa shape index (κ3) is 1.68. The van der Waals surface area contributed by atoms with Gasteiger partial charge in [0.15, 0.2) is 5.13 Å². The third-order valence-electron chi connectivity index (χ3n) is 2.03. The summed E-state index contributed by atoms with van der Waals surface area (Å²) >= 11 is 1.17. The highest BCUT2D eigenvalue weighted by Gasteiger charge is 2.08. The summed E-state index contributed by atoms with van der Waals surface area (Å²) in [5.74, 6) is 0. The summed E-state index contributed by atoms with van der Waals surface area (Å²) in [6.45, 7) is 3.82. The molecule has 0 fully saturated rings. The Hall–Kier alpha value is -1.22. The molecule has 2 aromatic rings. The fraction of sp³-hybridized carbons (Fsp3) is 0.182. The smallest absolute Gasteiger partial charge is 0.184 e. The number of halogens is 1. The first-order valence-electron chi connectivity index (χ1n) is 4.36. The molecule has 0 aliphatic rings. The predicted octanol–water partition coefficient (Wildman–Crippen LogP) is 3.57. The first-order chi connectivity index (χ1) is 6.66. The Morgan fingerprint density at radius 3 is 2.57 bits per heavy atom. The van der Waals surface area contributed by atoms with E-state index in [0.717, 1.165) is 16.1 Å². The van der Waals surface area contributed by atoms with Crippen LogP contribution in [0.5, 0.6) is 0 Å². The van der Waals surface area contributed by atoms with Crippen molar-refractivity contribution < 1.29 is 4.39 Å². The molecule has 0 N–H and O–H groups in total. The van der Waals surface area contributed by atoms with Crippen LogP contribution in [0.1, 0.15) is 10.6 Å². The van der Waals surface area contributed by atoms with Crippen LogP contribution < -0.4 is 0 Å². The maximum atomic E-state index is 13.4. The first kappa shape index (κ1) is 9.34. The average molecular weight is 207 g/mol. The normalized spacial score (nSPS) is 10.5. The summed E-state index contributed by atoms with van der Waals surface area (Å²) in [6, 6.07) is 5.64. The van der Waals surface area contributed by atoms with Crippen molar-refractivity contribution in [2.75, 3.05) is 0 Å². The van der Waals surface area contributed by atoms with E-state index in [2.05, 4.69) is 4.98 Å². The average Bonchev–Trinajstić information content (AvgIpc) is 2.47. The fourth-order valence-corrected chi connectivity index (χ4v) is 2.06. The number of hydrogen-bond donors (Lipinski definition) is 0. The van der Waals surface area contributed by atoms with Gasteiger partial charge in [0.25, 0.3) is 0 Å². The van der Waals surface area contributed by atoms with Crippen LogP contribution in [-0.4, -0.2) is 4.98 Å². The van der Waals surface area contributed by atoms with Crippen LogP contribution in [0.3, 0.4) is 0 Å². The highest BCUT2D eigenvalue weighted by molar-refractivity contribution is 7.10. The number of thiophene rings is 1. The lowest BCUT2D eigenvalue weighted by Crippen LogP contribution is -1.82. The second-order valence-electron chi connectivity index (χ2n) is 3.23. The highest BCUT2D eigenvalue weighted by atomic mass is 32.1. The van der Waals surface area contributed by atoms with Crippen LogP contribution >= 0.6 is 11.3 Å². The lowest BCUT2D eigenvalue weighted by molar-refractivity contribution is 0.660. The lowest BCUT2D eigenvalue weighted by atomic mass is 10.1. The van der Waals surface area contributed by atoms with Gasteiger partial charge in [-0.25, -0.2) is 0 Å². The van der Waals surface area contributed by atoms with Crippen molar-refractivity contribution >= 4 is 11.3 Å². The van der Waals surface area contributed by atoms with E-state index >= 15 is 0 Å². The number of aromatic nitrogens is 1. The van der Waals surface area contributed by atoms with Gasteiger partial charge in [0.1, 0.15) is 0 Å². The van der Waals surface area contributed by atoms with Crippen molar-refractivity contribution in [3.63, 3.8) is 0 Å². The van der Waals surface area contributed by atoms with Crippen molar-refractivity contribution in [1.29, 1.82) is 0 Å².